The third kappa shape index (κ3) is 4.12. The predicted octanol–water partition coefficient (Wildman–Crippen LogP) is -0.969. The Labute approximate surface area is 136 Å². The molecule has 1 aliphatic heterocycles. The summed E-state index contributed by atoms with van der Waals surface area (Å²) in [6.45, 7) is 1.57. The first kappa shape index (κ1) is 17.5. The van der Waals surface area contributed by atoms with Gasteiger partial charge in [0.2, 0.25) is 0 Å². The third-order valence-corrected chi connectivity index (χ3v) is 3.76. The van der Waals surface area contributed by atoms with E-state index in [1.807, 2.05) is 0 Å². The molecule has 0 aromatic carbocycles. The fourth-order valence-electron chi connectivity index (χ4n) is 2.40. The molecule has 2 heterocycles. The Kier molecular flexibility index (Phi) is 5.80. The van der Waals surface area contributed by atoms with E-state index in [4.69, 9.17) is 16.3 Å². The number of hydrogen-bond donors (Lipinski definition) is 4. The standard InChI is InChI=1S/C13H19ClN4O5/c1-7-5-18(13(22)17-11(7)20)10-4-8(9(6-19)23-10)16-12(21)15-3-2-14/h5,8-10,19H,2-4,6H2,1H3,(H2,15,16,21)(H,17,20,22)/t8?,9-,10-/m1/s1. The van der Waals surface area contributed by atoms with Crippen LogP contribution in [0, 0.1) is 6.92 Å². The molecule has 1 fully saturated rings. The van der Waals surface area contributed by atoms with E-state index in [1.165, 1.54) is 10.8 Å². The molecule has 23 heavy (non-hydrogen) atoms. The number of aliphatic hydroxyl groups is 1. The lowest BCUT2D eigenvalue weighted by Gasteiger charge is -2.17. The number of hydrogen-bond acceptors (Lipinski definition) is 5. The maximum Gasteiger partial charge on any atom is 0.330 e. The van der Waals surface area contributed by atoms with Gasteiger partial charge in [0.15, 0.2) is 0 Å². The Hall–Kier alpha value is -1.84. The number of nitrogens with one attached hydrogen (secondary N) is 3. The van der Waals surface area contributed by atoms with Crippen LogP contribution in [0.2, 0.25) is 0 Å². The maximum atomic E-state index is 11.9. The minimum Gasteiger partial charge on any atom is -0.394 e. The van der Waals surface area contributed by atoms with Gasteiger partial charge < -0.3 is 20.5 Å². The molecule has 4 N–H and O–H groups in total. The lowest BCUT2D eigenvalue weighted by Crippen LogP contribution is -2.47. The SMILES string of the molecule is Cc1cn([C@H]2CC(NC(=O)NCCCl)[C@@H](CO)O2)c(=O)[nH]c1=O. The van der Waals surface area contributed by atoms with Crippen LogP contribution in [0.25, 0.3) is 0 Å². The summed E-state index contributed by atoms with van der Waals surface area (Å²) in [7, 11) is 0. The van der Waals surface area contributed by atoms with Crippen molar-refractivity contribution in [2.24, 2.45) is 0 Å². The van der Waals surface area contributed by atoms with Crippen LogP contribution in [0.5, 0.6) is 0 Å². The number of carbonyl (C=O) groups excluding carboxylic acids is 1. The fourth-order valence-corrected chi connectivity index (χ4v) is 2.50. The smallest absolute Gasteiger partial charge is 0.330 e. The number of aryl methyl sites for hydroxylation is 1. The Bertz CT molecular complexity index is 673. The number of rotatable bonds is 5. The molecule has 1 aliphatic rings. The number of aromatic amines is 1. The molecule has 1 saturated heterocycles. The molecular formula is C13H19ClN4O5. The van der Waals surface area contributed by atoms with E-state index in [0.717, 1.165) is 0 Å². The number of ether oxygens (including phenoxy) is 1. The lowest BCUT2D eigenvalue weighted by atomic mass is 10.1. The normalized spacial score (nSPS) is 23.7. The molecule has 1 aromatic rings. The zero-order valence-corrected chi connectivity index (χ0v) is 13.3. The lowest BCUT2D eigenvalue weighted by molar-refractivity contribution is -0.0285. The summed E-state index contributed by atoms with van der Waals surface area (Å²) in [5, 5.41) is 14.6. The van der Waals surface area contributed by atoms with E-state index >= 15 is 0 Å². The van der Waals surface area contributed by atoms with Gasteiger partial charge in [-0.2, -0.15) is 0 Å². The van der Waals surface area contributed by atoms with Gasteiger partial charge in [-0.15, -0.1) is 11.6 Å². The minimum absolute atomic E-state index is 0.283. The van der Waals surface area contributed by atoms with Gasteiger partial charge in [-0.1, -0.05) is 0 Å². The van der Waals surface area contributed by atoms with Crippen molar-refractivity contribution in [3.05, 3.63) is 32.6 Å². The van der Waals surface area contributed by atoms with E-state index in [9.17, 15) is 19.5 Å². The van der Waals surface area contributed by atoms with Crippen molar-refractivity contribution in [3.8, 4) is 0 Å². The molecule has 1 unspecified atom stereocenters. The molecule has 1 aromatic heterocycles. The Morgan fingerprint density at radius 2 is 2.30 bits per heavy atom. The van der Waals surface area contributed by atoms with E-state index in [-0.39, 0.29) is 18.9 Å². The van der Waals surface area contributed by atoms with Crippen LogP contribution >= 0.6 is 11.6 Å². The minimum atomic E-state index is -0.687. The average Bonchev–Trinajstić information content (AvgIpc) is 2.91. The van der Waals surface area contributed by atoms with Crippen molar-refractivity contribution in [2.45, 2.75) is 31.7 Å². The second kappa shape index (κ2) is 7.62. The number of halogens is 1. The van der Waals surface area contributed by atoms with Gasteiger partial charge in [0.25, 0.3) is 5.56 Å². The van der Waals surface area contributed by atoms with E-state index in [1.54, 1.807) is 6.92 Å². The van der Waals surface area contributed by atoms with Crippen molar-refractivity contribution in [1.82, 2.24) is 20.2 Å². The monoisotopic (exact) mass is 346 g/mol. The molecular weight excluding hydrogens is 328 g/mol. The summed E-state index contributed by atoms with van der Waals surface area (Å²) in [5.74, 6) is 0.284. The third-order valence-electron chi connectivity index (χ3n) is 3.57. The number of carbonyl (C=O) groups is 1. The largest absolute Gasteiger partial charge is 0.394 e. The van der Waals surface area contributed by atoms with Crippen LogP contribution in [0.1, 0.15) is 18.2 Å². The molecule has 0 saturated carbocycles. The summed E-state index contributed by atoms with van der Waals surface area (Å²) >= 11 is 5.49. The maximum absolute atomic E-state index is 11.9. The number of aromatic nitrogens is 2. The molecule has 0 spiro atoms. The van der Waals surface area contributed by atoms with Gasteiger partial charge >= 0.3 is 11.7 Å². The number of urea groups is 1. The summed E-state index contributed by atoms with van der Waals surface area (Å²) in [4.78, 5) is 37.2. The van der Waals surface area contributed by atoms with Crippen LogP contribution < -0.4 is 21.9 Å². The van der Waals surface area contributed by atoms with Crippen LogP contribution in [-0.4, -0.2) is 51.9 Å². The van der Waals surface area contributed by atoms with Crippen LogP contribution in [0.3, 0.4) is 0 Å². The van der Waals surface area contributed by atoms with E-state index in [2.05, 4.69) is 15.6 Å². The topological polar surface area (TPSA) is 125 Å². The molecule has 0 aliphatic carbocycles. The molecule has 0 radical (unpaired) electrons. The second-order valence-electron chi connectivity index (χ2n) is 5.22. The molecule has 10 heteroatoms. The predicted molar refractivity (Wildman–Crippen MR) is 82.7 cm³/mol. The van der Waals surface area contributed by atoms with Crippen LogP contribution in [-0.2, 0) is 4.74 Å². The number of H-pyrrole nitrogens is 1. The first-order valence-corrected chi connectivity index (χ1v) is 7.68. The highest BCUT2D eigenvalue weighted by Gasteiger charge is 2.37. The van der Waals surface area contributed by atoms with Gasteiger partial charge in [0.05, 0.1) is 12.6 Å². The number of amides is 2. The highest BCUT2D eigenvalue weighted by atomic mass is 35.5. The highest BCUT2D eigenvalue weighted by molar-refractivity contribution is 6.18. The van der Waals surface area contributed by atoms with Crippen LogP contribution in [0.4, 0.5) is 4.79 Å². The molecule has 128 valence electrons. The first-order chi connectivity index (χ1) is 11.0. The van der Waals surface area contributed by atoms with Crippen molar-refractivity contribution >= 4 is 17.6 Å². The van der Waals surface area contributed by atoms with Crippen molar-refractivity contribution in [1.29, 1.82) is 0 Å². The number of alkyl halides is 1. The summed E-state index contributed by atoms with van der Waals surface area (Å²) < 4.78 is 6.86. The molecule has 0 bridgehead atoms. The summed E-state index contributed by atoms with van der Waals surface area (Å²) in [6.07, 6.45) is 0.343. The Morgan fingerprint density at radius 1 is 1.57 bits per heavy atom. The number of aliphatic hydroxyl groups excluding tert-OH is 1. The van der Waals surface area contributed by atoms with Gasteiger partial charge in [0.1, 0.15) is 12.3 Å². The van der Waals surface area contributed by atoms with Crippen LogP contribution in [0.15, 0.2) is 15.8 Å². The van der Waals surface area contributed by atoms with Crippen molar-refractivity contribution in [3.63, 3.8) is 0 Å². The van der Waals surface area contributed by atoms with Crippen molar-refractivity contribution in [2.75, 3.05) is 19.0 Å². The van der Waals surface area contributed by atoms with Gasteiger partial charge in [-0.3, -0.25) is 14.3 Å². The summed E-state index contributed by atoms with van der Waals surface area (Å²) in [5.41, 5.74) is -0.697. The van der Waals surface area contributed by atoms with E-state index < -0.39 is 35.7 Å². The second-order valence-corrected chi connectivity index (χ2v) is 5.60. The molecule has 2 rings (SSSR count). The van der Waals surface area contributed by atoms with Crippen molar-refractivity contribution < 1.29 is 14.6 Å². The fraction of sp³-hybridized carbons (Fsp3) is 0.615. The zero-order chi connectivity index (χ0) is 17.0. The quantitative estimate of drug-likeness (QED) is 0.510. The Morgan fingerprint density at radius 3 is 2.96 bits per heavy atom. The zero-order valence-electron chi connectivity index (χ0n) is 12.5. The van der Waals surface area contributed by atoms with Gasteiger partial charge in [-0.05, 0) is 6.92 Å². The van der Waals surface area contributed by atoms with E-state index in [0.29, 0.717) is 12.1 Å². The first-order valence-electron chi connectivity index (χ1n) is 7.15. The molecule has 3 atom stereocenters. The average molecular weight is 347 g/mol. The summed E-state index contributed by atoms with van der Waals surface area (Å²) in [6, 6.07) is -0.900. The molecule has 2 amide bonds. The van der Waals surface area contributed by atoms with Gasteiger partial charge in [0, 0.05) is 30.6 Å². The molecule has 9 nitrogen and oxygen atoms in total. The Balaban J connectivity index is 2.12. The van der Waals surface area contributed by atoms with Gasteiger partial charge in [-0.25, -0.2) is 9.59 Å². The highest BCUT2D eigenvalue weighted by Crippen LogP contribution is 2.27. The number of nitrogens with zero attached hydrogens (tertiary/aromatic N) is 1.